The number of aryl methyl sites for hydroxylation is 1. The highest BCUT2D eigenvalue weighted by Gasteiger charge is 2.19. The van der Waals surface area contributed by atoms with Crippen molar-refractivity contribution >= 4 is 21.6 Å². The molecule has 0 atom stereocenters. The van der Waals surface area contributed by atoms with Gasteiger partial charge in [0.05, 0.1) is 4.90 Å². The molecule has 4 N–H and O–H groups in total. The summed E-state index contributed by atoms with van der Waals surface area (Å²) >= 11 is 0. The molecule has 0 aliphatic carbocycles. The van der Waals surface area contributed by atoms with E-state index in [-0.39, 0.29) is 16.0 Å². The van der Waals surface area contributed by atoms with E-state index >= 15 is 0 Å². The zero-order chi connectivity index (χ0) is 18.6. The van der Waals surface area contributed by atoms with Crippen molar-refractivity contribution in [2.45, 2.75) is 16.8 Å². The first-order valence-electron chi connectivity index (χ1n) is 8.23. The fourth-order valence-electron chi connectivity index (χ4n) is 2.51. The number of pyridine rings is 1. The Bertz CT molecular complexity index is 860. The summed E-state index contributed by atoms with van der Waals surface area (Å²) in [5.41, 5.74) is 7.40. The largest absolute Gasteiger partial charge is 0.337 e. The summed E-state index contributed by atoms with van der Waals surface area (Å²) in [5, 5.41) is 5.48. The van der Waals surface area contributed by atoms with Crippen LogP contribution < -0.4 is 21.5 Å². The third-order valence-corrected chi connectivity index (χ3v) is 5.72. The van der Waals surface area contributed by atoms with Gasteiger partial charge in [-0.25, -0.2) is 18.2 Å². The molecule has 1 fully saturated rings. The van der Waals surface area contributed by atoms with E-state index in [0.29, 0.717) is 18.2 Å². The number of hydrogen-bond acceptors (Lipinski definition) is 6. The molecule has 2 amide bonds. The van der Waals surface area contributed by atoms with Crippen molar-refractivity contribution in [3.63, 3.8) is 0 Å². The van der Waals surface area contributed by atoms with E-state index in [0.717, 1.165) is 18.7 Å². The van der Waals surface area contributed by atoms with E-state index in [1.165, 1.54) is 24.4 Å². The number of anilines is 1. The van der Waals surface area contributed by atoms with E-state index in [1.54, 1.807) is 18.2 Å². The third kappa shape index (κ3) is 4.37. The zero-order valence-corrected chi connectivity index (χ0v) is 15.1. The van der Waals surface area contributed by atoms with Crippen LogP contribution >= 0.6 is 0 Å². The van der Waals surface area contributed by atoms with E-state index in [9.17, 15) is 13.2 Å². The Kier molecular flexibility index (Phi) is 5.50. The van der Waals surface area contributed by atoms with Gasteiger partial charge in [-0.15, -0.1) is 0 Å². The molecule has 26 heavy (non-hydrogen) atoms. The minimum Gasteiger partial charge on any atom is -0.337 e. The number of amides is 2. The first-order valence-corrected chi connectivity index (χ1v) is 9.72. The summed E-state index contributed by atoms with van der Waals surface area (Å²) in [5.74, 6) is 0.343. The molecule has 2 aromatic rings. The normalized spacial score (nSPS) is 15.0. The number of sulfone groups is 1. The molecule has 1 aromatic heterocycles. The fraction of sp³-hybridized carbons (Fsp3) is 0.294. The second-order valence-electron chi connectivity index (χ2n) is 6.16. The van der Waals surface area contributed by atoms with E-state index in [1.807, 2.05) is 6.92 Å². The van der Waals surface area contributed by atoms with Gasteiger partial charge < -0.3 is 10.6 Å². The molecule has 1 saturated heterocycles. The van der Waals surface area contributed by atoms with Crippen LogP contribution in [-0.2, 0) is 9.84 Å². The second-order valence-corrected chi connectivity index (χ2v) is 8.06. The molecular formula is C17H21N5O3S. The Hall–Kier alpha value is -2.49. The average molecular weight is 375 g/mol. The monoisotopic (exact) mass is 375 g/mol. The number of carbonyl (C=O) groups excluding carboxylic acids is 1. The van der Waals surface area contributed by atoms with Crippen LogP contribution in [0.3, 0.4) is 0 Å². The van der Waals surface area contributed by atoms with Crippen molar-refractivity contribution in [2.75, 3.05) is 25.0 Å². The lowest BCUT2D eigenvalue weighted by Crippen LogP contribution is -2.34. The first-order chi connectivity index (χ1) is 12.4. The number of nitrogens with zero attached hydrogens (tertiary/aromatic N) is 1. The summed E-state index contributed by atoms with van der Waals surface area (Å²) in [6, 6.07) is 8.88. The molecular weight excluding hydrogens is 354 g/mol. The summed E-state index contributed by atoms with van der Waals surface area (Å²) in [6.07, 6.45) is 1.52. The SMILES string of the molecule is Cc1ccc(S(=O)(=O)c2ccc(NC(=O)NCC3CNNC3)cc2)nc1. The number of benzene rings is 1. The molecule has 0 unspecified atom stereocenters. The molecule has 1 aliphatic heterocycles. The summed E-state index contributed by atoms with van der Waals surface area (Å²) in [7, 11) is -3.68. The fourth-order valence-corrected chi connectivity index (χ4v) is 3.69. The molecule has 1 aliphatic rings. The molecule has 0 spiro atoms. The summed E-state index contributed by atoms with van der Waals surface area (Å²) < 4.78 is 25.1. The number of nitrogens with one attached hydrogen (secondary N) is 4. The van der Waals surface area contributed by atoms with Crippen molar-refractivity contribution in [3.8, 4) is 0 Å². The smallest absolute Gasteiger partial charge is 0.319 e. The lowest BCUT2D eigenvalue weighted by Gasteiger charge is -2.11. The maximum atomic E-state index is 12.6. The highest BCUT2D eigenvalue weighted by atomic mass is 32.2. The first kappa shape index (κ1) is 18.3. The lowest BCUT2D eigenvalue weighted by molar-refractivity contribution is 0.250. The van der Waals surface area contributed by atoms with Gasteiger partial charge in [0, 0.05) is 37.4 Å². The van der Waals surface area contributed by atoms with Gasteiger partial charge in [0.2, 0.25) is 9.84 Å². The van der Waals surface area contributed by atoms with Crippen molar-refractivity contribution < 1.29 is 13.2 Å². The van der Waals surface area contributed by atoms with Gasteiger partial charge in [0.15, 0.2) is 5.03 Å². The zero-order valence-electron chi connectivity index (χ0n) is 14.3. The molecule has 2 heterocycles. The van der Waals surface area contributed by atoms with Crippen molar-refractivity contribution in [1.82, 2.24) is 21.2 Å². The second kappa shape index (κ2) is 7.81. The average Bonchev–Trinajstić information content (AvgIpc) is 3.14. The Morgan fingerprint density at radius 3 is 2.46 bits per heavy atom. The Morgan fingerprint density at radius 1 is 1.15 bits per heavy atom. The molecule has 138 valence electrons. The van der Waals surface area contributed by atoms with Gasteiger partial charge in [-0.3, -0.25) is 10.9 Å². The Morgan fingerprint density at radius 2 is 1.85 bits per heavy atom. The Balaban J connectivity index is 1.62. The molecule has 8 nitrogen and oxygen atoms in total. The van der Waals surface area contributed by atoms with Gasteiger partial charge in [0.25, 0.3) is 0 Å². The highest BCUT2D eigenvalue weighted by molar-refractivity contribution is 7.91. The van der Waals surface area contributed by atoms with Crippen molar-refractivity contribution in [1.29, 1.82) is 0 Å². The minimum atomic E-state index is -3.68. The van der Waals surface area contributed by atoms with Crippen molar-refractivity contribution in [3.05, 3.63) is 48.2 Å². The van der Waals surface area contributed by atoms with Crippen LogP contribution in [0.1, 0.15) is 5.56 Å². The third-order valence-electron chi connectivity index (χ3n) is 4.04. The van der Waals surface area contributed by atoms with Crippen LogP contribution in [0.25, 0.3) is 0 Å². The van der Waals surface area contributed by atoms with Crippen LogP contribution in [0, 0.1) is 12.8 Å². The van der Waals surface area contributed by atoms with Crippen LogP contribution in [0.4, 0.5) is 10.5 Å². The van der Waals surface area contributed by atoms with Crippen LogP contribution in [0.15, 0.2) is 52.5 Å². The standard InChI is InChI=1S/C17H21N5O3S/c1-12-2-7-16(18-8-12)26(24,25)15-5-3-14(4-6-15)22-17(23)19-9-13-10-20-21-11-13/h2-8,13,20-21H,9-11H2,1H3,(H2,19,22,23). The molecule has 1 aromatic carbocycles. The molecule has 0 saturated carbocycles. The van der Waals surface area contributed by atoms with Gasteiger partial charge >= 0.3 is 6.03 Å². The lowest BCUT2D eigenvalue weighted by atomic mass is 10.2. The number of aromatic nitrogens is 1. The minimum absolute atomic E-state index is 0.000310. The number of hydrazine groups is 1. The summed E-state index contributed by atoms with van der Waals surface area (Å²) in [4.78, 5) is 16.0. The van der Waals surface area contributed by atoms with Gasteiger partial charge in [-0.2, -0.15) is 0 Å². The molecule has 0 radical (unpaired) electrons. The topological polar surface area (TPSA) is 112 Å². The molecule has 9 heteroatoms. The van der Waals surface area contributed by atoms with E-state index in [2.05, 4.69) is 26.5 Å². The van der Waals surface area contributed by atoms with E-state index in [4.69, 9.17) is 0 Å². The van der Waals surface area contributed by atoms with Crippen LogP contribution in [0.5, 0.6) is 0 Å². The predicted molar refractivity (Wildman–Crippen MR) is 97.4 cm³/mol. The number of hydrogen-bond donors (Lipinski definition) is 4. The van der Waals surface area contributed by atoms with Gasteiger partial charge in [-0.05, 0) is 42.8 Å². The van der Waals surface area contributed by atoms with Crippen molar-refractivity contribution in [2.24, 2.45) is 5.92 Å². The van der Waals surface area contributed by atoms with E-state index < -0.39 is 9.84 Å². The summed E-state index contributed by atoms with van der Waals surface area (Å²) in [6.45, 7) is 4.01. The van der Waals surface area contributed by atoms with Crippen LogP contribution in [-0.4, -0.2) is 39.1 Å². The molecule has 3 rings (SSSR count). The van der Waals surface area contributed by atoms with Gasteiger partial charge in [-0.1, -0.05) is 6.07 Å². The number of rotatable bonds is 5. The number of urea groups is 1. The molecule has 0 bridgehead atoms. The quantitative estimate of drug-likeness (QED) is 0.622. The maximum absolute atomic E-state index is 12.6. The predicted octanol–water partition coefficient (Wildman–Crippen LogP) is 1.07. The maximum Gasteiger partial charge on any atom is 0.319 e. The number of carbonyl (C=O) groups is 1. The van der Waals surface area contributed by atoms with Crippen LogP contribution in [0.2, 0.25) is 0 Å². The van der Waals surface area contributed by atoms with Gasteiger partial charge in [0.1, 0.15) is 0 Å². The highest BCUT2D eigenvalue weighted by Crippen LogP contribution is 2.21. The Labute approximate surface area is 152 Å².